The highest BCUT2D eigenvalue weighted by molar-refractivity contribution is 6.05. The van der Waals surface area contributed by atoms with Gasteiger partial charge in [0.25, 0.3) is 0 Å². The van der Waals surface area contributed by atoms with Gasteiger partial charge in [-0.2, -0.15) is 0 Å². The van der Waals surface area contributed by atoms with E-state index >= 15 is 0 Å². The lowest BCUT2D eigenvalue weighted by molar-refractivity contribution is -0.153. The number of likely N-dealkylation sites (tertiary alicyclic amines) is 1. The molecule has 2 fully saturated rings. The molecule has 1 aliphatic carbocycles. The Morgan fingerprint density at radius 1 is 1.08 bits per heavy atom. The van der Waals surface area contributed by atoms with Crippen molar-refractivity contribution in [3.8, 4) is 0 Å². The number of hydrogen-bond donors (Lipinski definition) is 0. The first-order valence-corrected chi connectivity index (χ1v) is 9.34. The second-order valence-corrected chi connectivity index (χ2v) is 7.50. The average Bonchev–Trinajstić information content (AvgIpc) is 2.92. The van der Waals surface area contributed by atoms with Crippen LogP contribution in [0.15, 0.2) is 24.3 Å². The number of methoxy groups -OCH3 is 1. The summed E-state index contributed by atoms with van der Waals surface area (Å²) in [5.41, 5.74) is 2.25. The number of rotatable bonds is 3. The zero-order valence-corrected chi connectivity index (χ0v) is 15.0. The Morgan fingerprint density at radius 2 is 1.69 bits per heavy atom. The fraction of sp³-hybridized carbons (Fsp3) is 0.550. The van der Waals surface area contributed by atoms with E-state index in [-0.39, 0.29) is 36.3 Å². The van der Waals surface area contributed by atoms with Gasteiger partial charge in [0.2, 0.25) is 11.8 Å². The smallest absolute Gasteiger partial charge is 0.323 e. The molecular formula is C20H24N2O4. The largest absolute Gasteiger partial charge is 0.468 e. The van der Waals surface area contributed by atoms with Crippen LogP contribution < -0.4 is 0 Å². The Bertz CT molecular complexity index is 723. The summed E-state index contributed by atoms with van der Waals surface area (Å²) in [6.07, 6.45) is 4.15. The first-order valence-electron chi connectivity index (χ1n) is 9.34. The number of benzene rings is 1. The highest BCUT2D eigenvalue weighted by atomic mass is 16.5. The second kappa shape index (κ2) is 6.83. The van der Waals surface area contributed by atoms with E-state index in [2.05, 4.69) is 0 Å². The maximum atomic E-state index is 12.8. The molecule has 1 aromatic carbocycles. The van der Waals surface area contributed by atoms with Crippen LogP contribution in [-0.2, 0) is 32.1 Å². The lowest BCUT2D eigenvalue weighted by atomic mass is 9.81. The van der Waals surface area contributed by atoms with Crippen molar-refractivity contribution < 1.29 is 19.1 Å². The van der Waals surface area contributed by atoms with Gasteiger partial charge in [0.1, 0.15) is 6.04 Å². The summed E-state index contributed by atoms with van der Waals surface area (Å²) in [4.78, 5) is 41.2. The van der Waals surface area contributed by atoms with Crippen LogP contribution in [0.3, 0.4) is 0 Å². The molecular weight excluding hydrogens is 332 g/mol. The van der Waals surface area contributed by atoms with Gasteiger partial charge in [-0.05, 0) is 30.4 Å². The summed E-state index contributed by atoms with van der Waals surface area (Å²) in [7, 11) is 1.38. The molecule has 0 bridgehead atoms. The number of imide groups is 1. The summed E-state index contributed by atoms with van der Waals surface area (Å²) < 4.78 is 4.98. The molecule has 0 unspecified atom stereocenters. The summed E-state index contributed by atoms with van der Waals surface area (Å²) in [6, 6.07) is 7.50. The van der Waals surface area contributed by atoms with Crippen LogP contribution in [-0.4, -0.2) is 47.4 Å². The minimum absolute atomic E-state index is 0.0674. The summed E-state index contributed by atoms with van der Waals surface area (Å²) in [6.45, 7) is 0.696. The lowest BCUT2D eigenvalue weighted by Crippen LogP contribution is -2.52. The maximum Gasteiger partial charge on any atom is 0.323 e. The van der Waals surface area contributed by atoms with E-state index in [1.807, 2.05) is 29.2 Å². The SMILES string of the molecule is COC(=O)[C@@H]1Cc2ccccc2CN1CN1C(=O)[C@@H]2CCCC[C@H]2C1=O. The van der Waals surface area contributed by atoms with E-state index in [4.69, 9.17) is 4.74 Å². The van der Waals surface area contributed by atoms with Gasteiger partial charge in [-0.15, -0.1) is 0 Å². The third-order valence-corrected chi connectivity index (χ3v) is 6.07. The fourth-order valence-corrected chi connectivity index (χ4v) is 4.65. The highest BCUT2D eigenvalue weighted by Gasteiger charge is 2.49. The van der Waals surface area contributed by atoms with Crippen molar-refractivity contribution in [2.45, 2.75) is 44.7 Å². The quantitative estimate of drug-likeness (QED) is 0.609. The van der Waals surface area contributed by atoms with Crippen LogP contribution >= 0.6 is 0 Å². The molecule has 0 radical (unpaired) electrons. The van der Waals surface area contributed by atoms with Crippen molar-refractivity contribution in [2.75, 3.05) is 13.8 Å². The van der Waals surface area contributed by atoms with Gasteiger partial charge >= 0.3 is 5.97 Å². The molecule has 3 aliphatic rings. The molecule has 6 nitrogen and oxygen atoms in total. The van der Waals surface area contributed by atoms with Gasteiger partial charge < -0.3 is 4.74 Å². The molecule has 3 atom stereocenters. The van der Waals surface area contributed by atoms with E-state index in [0.29, 0.717) is 13.0 Å². The molecule has 6 heteroatoms. The Morgan fingerprint density at radius 3 is 2.31 bits per heavy atom. The summed E-state index contributed by atoms with van der Waals surface area (Å²) in [5.74, 6) is -0.782. The minimum Gasteiger partial charge on any atom is -0.468 e. The third-order valence-electron chi connectivity index (χ3n) is 6.07. The van der Waals surface area contributed by atoms with Gasteiger partial charge in [-0.3, -0.25) is 24.2 Å². The molecule has 1 saturated carbocycles. The van der Waals surface area contributed by atoms with E-state index in [1.54, 1.807) is 0 Å². The molecule has 2 aliphatic heterocycles. The monoisotopic (exact) mass is 356 g/mol. The molecule has 0 aromatic heterocycles. The van der Waals surface area contributed by atoms with E-state index in [9.17, 15) is 14.4 Å². The van der Waals surface area contributed by atoms with Crippen molar-refractivity contribution >= 4 is 17.8 Å². The van der Waals surface area contributed by atoms with Gasteiger partial charge in [-0.25, -0.2) is 0 Å². The Balaban J connectivity index is 1.58. The van der Waals surface area contributed by atoms with E-state index < -0.39 is 6.04 Å². The van der Waals surface area contributed by atoms with Gasteiger partial charge in [0.15, 0.2) is 0 Å². The number of nitrogens with zero attached hydrogens (tertiary/aromatic N) is 2. The normalized spacial score (nSPS) is 28.7. The molecule has 2 amide bonds. The number of ether oxygens (including phenoxy) is 1. The number of esters is 1. The van der Waals surface area contributed by atoms with E-state index in [1.165, 1.54) is 12.0 Å². The van der Waals surface area contributed by atoms with Crippen LogP contribution in [0, 0.1) is 11.8 Å². The molecule has 0 spiro atoms. The number of fused-ring (bicyclic) bond motifs is 2. The van der Waals surface area contributed by atoms with Crippen molar-refractivity contribution in [2.24, 2.45) is 11.8 Å². The second-order valence-electron chi connectivity index (χ2n) is 7.50. The Kier molecular flexibility index (Phi) is 4.53. The Labute approximate surface area is 153 Å². The van der Waals surface area contributed by atoms with Gasteiger partial charge in [-0.1, -0.05) is 37.1 Å². The number of amides is 2. The van der Waals surface area contributed by atoms with Crippen LogP contribution in [0.2, 0.25) is 0 Å². The maximum absolute atomic E-state index is 12.8. The average molecular weight is 356 g/mol. The van der Waals surface area contributed by atoms with Crippen molar-refractivity contribution in [1.82, 2.24) is 9.80 Å². The highest BCUT2D eigenvalue weighted by Crippen LogP contribution is 2.38. The number of hydrogen-bond acceptors (Lipinski definition) is 5. The van der Waals surface area contributed by atoms with Crippen molar-refractivity contribution in [3.05, 3.63) is 35.4 Å². The number of carbonyl (C=O) groups is 3. The molecule has 1 aromatic rings. The first-order chi connectivity index (χ1) is 12.6. The molecule has 26 heavy (non-hydrogen) atoms. The van der Waals surface area contributed by atoms with Crippen LogP contribution in [0.4, 0.5) is 0 Å². The zero-order chi connectivity index (χ0) is 18.3. The molecule has 1 saturated heterocycles. The van der Waals surface area contributed by atoms with Gasteiger partial charge in [0.05, 0.1) is 25.6 Å². The minimum atomic E-state index is -0.474. The topological polar surface area (TPSA) is 66.9 Å². The van der Waals surface area contributed by atoms with Gasteiger partial charge in [0, 0.05) is 6.54 Å². The predicted molar refractivity (Wildman–Crippen MR) is 93.7 cm³/mol. The zero-order valence-electron chi connectivity index (χ0n) is 15.0. The molecule has 4 rings (SSSR count). The molecule has 0 N–H and O–H groups in total. The fourth-order valence-electron chi connectivity index (χ4n) is 4.65. The summed E-state index contributed by atoms with van der Waals surface area (Å²) >= 11 is 0. The van der Waals surface area contributed by atoms with Crippen molar-refractivity contribution in [1.29, 1.82) is 0 Å². The third kappa shape index (κ3) is 2.82. The predicted octanol–water partition coefficient (Wildman–Crippen LogP) is 1.72. The lowest BCUT2D eigenvalue weighted by Gasteiger charge is -2.36. The van der Waals surface area contributed by atoms with Crippen LogP contribution in [0.5, 0.6) is 0 Å². The first kappa shape index (κ1) is 17.2. The number of carbonyl (C=O) groups excluding carboxylic acids is 3. The standard InChI is InChI=1S/C20H24N2O4/c1-26-20(25)17-10-13-6-2-3-7-14(13)11-21(17)12-22-18(23)15-8-4-5-9-16(15)19(22)24/h2-3,6-7,15-17H,4-5,8-12H2,1H3/t15-,16-,17+/m1/s1. The van der Waals surface area contributed by atoms with Crippen molar-refractivity contribution in [3.63, 3.8) is 0 Å². The molecule has 138 valence electrons. The van der Waals surface area contributed by atoms with Crippen LogP contribution in [0.1, 0.15) is 36.8 Å². The molecule has 2 heterocycles. The van der Waals surface area contributed by atoms with E-state index in [0.717, 1.165) is 36.8 Å². The Hall–Kier alpha value is -2.21. The summed E-state index contributed by atoms with van der Waals surface area (Å²) in [5, 5.41) is 0. The van der Waals surface area contributed by atoms with Crippen LogP contribution in [0.25, 0.3) is 0 Å².